The summed E-state index contributed by atoms with van der Waals surface area (Å²) in [5.74, 6) is -2.08. The van der Waals surface area contributed by atoms with Gasteiger partial charge in [0.25, 0.3) is 6.43 Å². The van der Waals surface area contributed by atoms with E-state index in [-0.39, 0.29) is 17.4 Å². The second-order valence-corrected chi connectivity index (χ2v) is 8.26. The number of hydrogen-bond acceptors (Lipinski definition) is 2. The molecule has 0 spiro atoms. The molecule has 2 aromatic carbocycles. The molecule has 2 aromatic rings. The lowest BCUT2D eigenvalue weighted by Gasteiger charge is -2.29. The van der Waals surface area contributed by atoms with E-state index in [0.29, 0.717) is 18.1 Å². The molecule has 0 aliphatic heterocycles. The van der Waals surface area contributed by atoms with Gasteiger partial charge in [-0.15, -0.1) is 0 Å². The lowest BCUT2D eigenvalue weighted by Crippen LogP contribution is -2.33. The summed E-state index contributed by atoms with van der Waals surface area (Å²) < 4.78 is 101. The predicted molar refractivity (Wildman–Crippen MR) is 109 cm³/mol. The third-order valence-corrected chi connectivity index (χ3v) is 5.92. The molecule has 182 valence electrons. The first-order chi connectivity index (χ1) is 15.6. The molecule has 0 unspecified atom stereocenters. The first-order valence-corrected chi connectivity index (χ1v) is 10.8. The third kappa shape index (κ3) is 6.32. The number of alkyl halides is 6. The topological polar surface area (TPSA) is 18.5 Å². The van der Waals surface area contributed by atoms with E-state index in [1.165, 1.54) is 18.6 Å². The average Bonchev–Trinajstić information content (AvgIpc) is 2.76. The minimum atomic E-state index is -4.88. The summed E-state index contributed by atoms with van der Waals surface area (Å²) in [6, 6.07) is 6.70. The number of hydrogen-bond donors (Lipinski definition) is 0. The molecule has 1 aliphatic carbocycles. The number of rotatable bonds is 9. The van der Waals surface area contributed by atoms with Crippen molar-refractivity contribution < 1.29 is 40.2 Å². The van der Waals surface area contributed by atoms with Crippen LogP contribution < -0.4 is 9.47 Å². The Bertz CT molecular complexity index is 925. The maximum Gasteiger partial charge on any atom is 0.461 e. The maximum atomic E-state index is 14.1. The van der Waals surface area contributed by atoms with Gasteiger partial charge in [-0.1, -0.05) is 25.8 Å². The Kier molecular flexibility index (Phi) is 8.13. The Balaban J connectivity index is 1.79. The van der Waals surface area contributed by atoms with E-state index < -0.39 is 36.1 Å². The van der Waals surface area contributed by atoms with E-state index in [4.69, 9.17) is 4.74 Å². The zero-order valence-electron chi connectivity index (χ0n) is 18.0. The van der Waals surface area contributed by atoms with Crippen LogP contribution in [0.15, 0.2) is 36.4 Å². The molecule has 1 saturated carbocycles. The van der Waals surface area contributed by atoms with Crippen LogP contribution in [0.1, 0.15) is 68.9 Å². The summed E-state index contributed by atoms with van der Waals surface area (Å²) >= 11 is 0. The molecule has 0 radical (unpaired) electrons. The van der Waals surface area contributed by atoms with E-state index in [0.717, 1.165) is 43.7 Å². The fourth-order valence-electron chi connectivity index (χ4n) is 4.21. The van der Waals surface area contributed by atoms with Gasteiger partial charge in [-0.3, -0.25) is 0 Å². The molecule has 1 fully saturated rings. The standard InChI is InChI=1S/C24H25F7O2/c1-2-3-14-4-6-15(7-5-14)16-8-10-18(22(26)27)21(12-16)32-17-9-11-20(19(25)13-17)33-24(30,31)23(28)29/h8-15,22-23H,2-7H2,1H3/t14-,15-. The minimum absolute atomic E-state index is 0.177. The number of halogens is 7. The highest BCUT2D eigenvalue weighted by molar-refractivity contribution is 5.44. The highest BCUT2D eigenvalue weighted by atomic mass is 19.3. The summed E-state index contributed by atoms with van der Waals surface area (Å²) in [5, 5.41) is 0. The number of ether oxygens (including phenoxy) is 2. The van der Waals surface area contributed by atoms with Crippen LogP contribution in [0.2, 0.25) is 0 Å². The maximum absolute atomic E-state index is 14.1. The van der Waals surface area contributed by atoms with Gasteiger partial charge in [-0.05, 0) is 67.3 Å². The van der Waals surface area contributed by atoms with Crippen LogP contribution in [-0.2, 0) is 0 Å². The fourth-order valence-corrected chi connectivity index (χ4v) is 4.21. The van der Waals surface area contributed by atoms with Gasteiger partial charge in [0.2, 0.25) is 0 Å². The molecule has 33 heavy (non-hydrogen) atoms. The molecule has 0 atom stereocenters. The highest BCUT2D eigenvalue weighted by Gasteiger charge is 2.44. The summed E-state index contributed by atoms with van der Waals surface area (Å²) in [6.45, 7) is 2.14. The van der Waals surface area contributed by atoms with Gasteiger partial charge in [0.05, 0.1) is 5.56 Å². The normalized spacial score (nSPS) is 19.2. The molecular formula is C24H25F7O2. The first-order valence-electron chi connectivity index (χ1n) is 10.8. The SMILES string of the molecule is CCC[C@H]1CC[C@H](c2ccc(C(F)F)c(Oc3ccc(OC(F)(F)C(F)F)c(F)c3)c2)CC1. The molecule has 9 heteroatoms. The van der Waals surface area contributed by atoms with Gasteiger partial charge >= 0.3 is 12.5 Å². The molecular weight excluding hydrogens is 453 g/mol. The second kappa shape index (κ2) is 10.7. The minimum Gasteiger partial charge on any atom is -0.457 e. The van der Waals surface area contributed by atoms with E-state index in [1.54, 1.807) is 6.07 Å². The molecule has 0 heterocycles. The van der Waals surface area contributed by atoms with Crippen LogP contribution in [0.3, 0.4) is 0 Å². The van der Waals surface area contributed by atoms with Gasteiger partial charge < -0.3 is 9.47 Å². The summed E-state index contributed by atoms with van der Waals surface area (Å²) in [7, 11) is 0. The number of benzene rings is 2. The molecule has 0 aromatic heterocycles. The van der Waals surface area contributed by atoms with Crippen LogP contribution in [0, 0.1) is 11.7 Å². The Morgan fingerprint density at radius 1 is 0.939 bits per heavy atom. The van der Waals surface area contributed by atoms with Crippen molar-refractivity contribution in [1.82, 2.24) is 0 Å². The Hall–Kier alpha value is -2.45. The van der Waals surface area contributed by atoms with E-state index in [2.05, 4.69) is 11.7 Å². The smallest absolute Gasteiger partial charge is 0.457 e. The largest absolute Gasteiger partial charge is 0.461 e. The predicted octanol–water partition coefficient (Wildman–Crippen LogP) is 8.87. The van der Waals surface area contributed by atoms with Crippen molar-refractivity contribution in [2.75, 3.05) is 0 Å². The van der Waals surface area contributed by atoms with Crippen molar-refractivity contribution in [3.05, 3.63) is 53.3 Å². The second-order valence-electron chi connectivity index (χ2n) is 8.26. The van der Waals surface area contributed by atoms with Crippen molar-refractivity contribution in [1.29, 1.82) is 0 Å². The monoisotopic (exact) mass is 478 g/mol. The molecule has 0 N–H and O–H groups in total. The average molecular weight is 478 g/mol. The summed E-state index contributed by atoms with van der Waals surface area (Å²) in [6.07, 6.45) is -5.63. The van der Waals surface area contributed by atoms with Crippen LogP contribution in [0.25, 0.3) is 0 Å². The molecule has 0 amide bonds. The summed E-state index contributed by atoms with van der Waals surface area (Å²) in [4.78, 5) is 0. The highest BCUT2D eigenvalue weighted by Crippen LogP contribution is 2.41. The van der Waals surface area contributed by atoms with Crippen LogP contribution in [-0.4, -0.2) is 12.5 Å². The zero-order valence-corrected chi connectivity index (χ0v) is 18.0. The van der Waals surface area contributed by atoms with Crippen molar-refractivity contribution in [3.8, 4) is 17.2 Å². The van der Waals surface area contributed by atoms with Gasteiger partial charge in [-0.2, -0.15) is 17.6 Å². The van der Waals surface area contributed by atoms with Gasteiger partial charge in [0.1, 0.15) is 11.5 Å². The molecule has 0 saturated heterocycles. The van der Waals surface area contributed by atoms with Crippen molar-refractivity contribution in [2.24, 2.45) is 5.92 Å². The van der Waals surface area contributed by atoms with E-state index in [1.807, 2.05) is 0 Å². The Morgan fingerprint density at radius 2 is 1.64 bits per heavy atom. The zero-order chi connectivity index (χ0) is 24.2. The lowest BCUT2D eigenvalue weighted by atomic mass is 9.77. The van der Waals surface area contributed by atoms with E-state index >= 15 is 0 Å². The lowest BCUT2D eigenvalue weighted by molar-refractivity contribution is -0.254. The van der Waals surface area contributed by atoms with Crippen LogP contribution >= 0.6 is 0 Å². The van der Waals surface area contributed by atoms with Gasteiger partial charge in [-0.25, -0.2) is 13.2 Å². The van der Waals surface area contributed by atoms with Crippen LogP contribution in [0.4, 0.5) is 30.7 Å². The van der Waals surface area contributed by atoms with Gasteiger partial charge in [0, 0.05) is 6.07 Å². The molecule has 2 nitrogen and oxygen atoms in total. The molecule has 0 bridgehead atoms. The third-order valence-electron chi connectivity index (χ3n) is 5.92. The Morgan fingerprint density at radius 3 is 2.21 bits per heavy atom. The van der Waals surface area contributed by atoms with Crippen molar-refractivity contribution in [2.45, 2.75) is 70.3 Å². The quantitative estimate of drug-likeness (QED) is 0.335. The van der Waals surface area contributed by atoms with Crippen molar-refractivity contribution >= 4 is 0 Å². The summed E-state index contributed by atoms with van der Waals surface area (Å²) in [5.41, 5.74) is 0.435. The molecule has 1 aliphatic rings. The van der Waals surface area contributed by atoms with Crippen LogP contribution in [0.5, 0.6) is 17.2 Å². The van der Waals surface area contributed by atoms with Crippen molar-refractivity contribution in [3.63, 3.8) is 0 Å². The van der Waals surface area contributed by atoms with Gasteiger partial charge in [0.15, 0.2) is 11.6 Å². The first kappa shape index (κ1) is 25.2. The fraction of sp³-hybridized carbons (Fsp3) is 0.500. The Labute approximate surface area is 187 Å². The molecule has 3 rings (SSSR count). The van der Waals surface area contributed by atoms with E-state index in [9.17, 15) is 30.7 Å².